The molecule has 0 fully saturated rings. The molecule has 0 aliphatic carbocycles. The number of carbonyl (C=O) groups is 1. The second kappa shape index (κ2) is 6.74. The first-order chi connectivity index (χ1) is 10.1. The minimum Gasteiger partial charge on any atom is -0.497 e. The van der Waals surface area contributed by atoms with Gasteiger partial charge in [-0.25, -0.2) is 9.18 Å². The second-order valence-electron chi connectivity index (χ2n) is 4.39. The maximum absolute atomic E-state index is 13.7. The molecule has 0 bridgehead atoms. The largest absolute Gasteiger partial charge is 0.497 e. The van der Waals surface area contributed by atoms with E-state index in [9.17, 15) is 9.18 Å². The zero-order valence-electron chi connectivity index (χ0n) is 11.9. The molecular formula is C16H16FNO3. The van der Waals surface area contributed by atoms with E-state index < -0.39 is 11.8 Å². The van der Waals surface area contributed by atoms with Crippen LogP contribution in [0.2, 0.25) is 0 Å². The van der Waals surface area contributed by atoms with Crippen LogP contribution in [0.1, 0.15) is 15.9 Å². The number of hydrogen-bond acceptors (Lipinski definition) is 4. The highest BCUT2D eigenvalue weighted by Gasteiger charge is 2.09. The van der Waals surface area contributed by atoms with Gasteiger partial charge >= 0.3 is 5.97 Å². The molecule has 0 atom stereocenters. The van der Waals surface area contributed by atoms with Gasteiger partial charge in [-0.1, -0.05) is 12.1 Å². The average Bonchev–Trinajstić information content (AvgIpc) is 2.53. The second-order valence-corrected chi connectivity index (χ2v) is 4.39. The van der Waals surface area contributed by atoms with Crippen molar-refractivity contribution in [2.24, 2.45) is 0 Å². The number of carbonyl (C=O) groups excluding carboxylic acids is 1. The molecule has 4 nitrogen and oxygen atoms in total. The molecule has 0 radical (unpaired) electrons. The molecular weight excluding hydrogens is 273 g/mol. The summed E-state index contributed by atoms with van der Waals surface area (Å²) in [4.78, 5) is 11.4. The van der Waals surface area contributed by atoms with Gasteiger partial charge in [0.15, 0.2) is 0 Å². The van der Waals surface area contributed by atoms with Crippen molar-refractivity contribution >= 4 is 11.7 Å². The molecule has 0 aliphatic rings. The molecule has 0 heterocycles. The van der Waals surface area contributed by atoms with Crippen LogP contribution in [0.3, 0.4) is 0 Å². The molecule has 0 saturated carbocycles. The van der Waals surface area contributed by atoms with Gasteiger partial charge in [0, 0.05) is 6.54 Å². The SMILES string of the molecule is COC(=O)c1ccc(F)c(NCc2ccc(OC)cc2)c1. The summed E-state index contributed by atoms with van der Waals surface area (Å²) in [6.07, 6.45) is 0. The van der Waals surface area contributed by atoms with E-state index >= 15 is 0 Å². The lowest BCUT2D eigenvalue weighted by Gasteiger charge is -2.09. The predicted octanol–water partition coefficient (Wildman–Crippen LogP) is 3.23. The van der Waals surface area contributed by atoms with Crippen molar-refractivity contribution in [3.8, 4) is 5.75 Å². The van der Waals surface area contributed by atoms with Crippen LogP contribution in [0.25, 0.3) is 0 Å². The Morgan fingerprint density at radius 1 is 1.14 bits per heavy atom. The van der Waals surface area contributed by atoms with Crippen LogP contribution >= 0.6 is 0 Å². The Balaban J connectivity index is 2.09. The third-order valence-corrected chi connectivity index (χ3v) is 3.03. The number of benzene rings is 2. The Bertz CT molecular complexity index is 626. The molecule has 5 heteroatoms. The Morgan fingerprint density at radius 2 is 1.86 bits per heavy atom. The maximum atomic E-state index is 13.7. The molecule has 0 aromatic heterocycles. The van der Waals surface area contributed by atoms with Gasteiger partial charge in [-0.05, 0) is 35.9 Å². The van der Waals surface area contributed by atoms with Crippen LogP contribution in [0.4, 0.5) is 10.1 Å². The van der Waals surface area contributed by atoms with Crippen molar-refractivity contribution in [2.45, 2.75) is 6.54 Å². The molecule has 0 amide bonds. The van der Waals surface area contributed by atoms with Gasteiger partial charge in [0.1, 0.15) is 11.6 Å². The van der Waals surface area contributed by atoms with Gasteiger partial charge in [-0.2, -0.15) is 0 Å². The number of esters is 1. The molecule has 2 rings (SSSR count). The lowest BCUT2D eigenvalue weighted by Crippen LogP contribution is -2.05. The topological polar surface area (TPSA) is 47.6 Å². The first-order valence-corrected chi connectivity index (χ1v) is 6.38. The summed E-state index contributed by atoms with van der Waals surface area (Å²) in [6, 6.07) is 11.5. The Kier molecular flexibility index (Phi) is 4.77. The van der Waals surface area contributed by atoms with Crippen LogP contribution in [-0.2, 0) is 11.3 Å². The zero-order valence-corrected chi connectivity index (χ0v) is 11.9. The first kappa shape index (κ1) is 14.8. The van der Waals surface area contributed by atoms with E-state index in [1.165, 1.54) is 25.3 Å². The fourth-order valence-electron chi connectivity index (χ4n) is 1.85. The quantitative estimate of drug-likeness (QED) is 0.858. The molecule has 0 spiro atoms. The summed E-state index contributed by atoms with van der Waals surface area (Å²) < 4.78 is 23.4. The highest BCUT2D eigenvalue weighted by molar-refractivity contribution is 5.90. The van der Waals surface area contributed by atoms with Gasteiger partial charge in [0.05, 0.1) is 25.5 Å². The maximum Gasteiger partial charge on any atom is 0.337 e. The van der Waals surface area contributed by atoms with E-state index in [1.807, 2.05) is 24.3 Å². The summed E-state index contributed by atoms with van der Waals surface area (Å²) in [5, 5.41) is 2.96. The molecule has 1 N–H and O–H groups in total. The molecule has 0 unspecified atom stereocenters. The minimum absolute atomic E-state index is 0.258. The summed E-state index contributed by atoms with van der Waals surface area (Å²) in [5.74, 6) is -0.156. The van der Waals surface area contributed by atoms with E-state index in [1.54, 1.807) is 7.11 Å². The van der Waals surface area contributed by atoms with Crippen molar-refractivity contribution in [3.63, 3.8) is 0 Å². The number of ether oxygens (including phenoxy) is 2. The summed E-state index contributed by atoms with van der Waals surface area (Å²) in [7, 11) is 2.89. The van der Waals surface area contributed by atoms with Crippen LogP contribution < -0.4 is 10.1 Å². The molecule has 2 aromatic carbocycles. The molecule has 0 aliphatic heterocycles. The monoisotopic (exact) mass is 289 g/mol. The van der Waals surface area contributed by atoms with Crippen LogP contribution in [0, 0.1) is 5.82 Å². The number of methoxy groups -OCH3 is 2. The molecule has 2 aromatic rings. The van der Waals surface area contributed by atoms with Gasteiger partial charge in [-0.15, -0.1) is 0 Å². The van der Waals surface area contributed by atoms with Crippen molar-refractivity contribution < 1.29 is 18.7 Å². The number of nitrogens with one attached hydrogen (secondary N) is 1. The highest BCUT2D eigenvalue weighted by atomic mass is 19.1. The van der Waals surface area contributed by atoms with Crippen LogP contribution in [-0.4, -0.2) is 20.2 Å². The number of rotatable bonds is 5. The van der Waals surface area contributed by atoms with Crippen molar-refractivity contribution in [3.05, 3.63) is 59.4 Å². The normalized spacial score (nSPS) is 10.0. The van der Waals surface area contributed by atoms with E-state index in [-0.39, 0.29) is 5.69 Å². The third kappa shape index (κ3) is 3.72. The van der Waals surface area contributed by atoms with Crippen molar-refractivity contribution in [2.75, 3.05) is 19.5 Å². The fraction of sp³-hybridized carbons (Fsp3) is 0.188. The van der Waals surface area contributed by atoms with Gasteiger partial charge < -0.3 is 14.8 Å². The number of halogens is 1. The smallest absolute Gasteiger partial charge is 0.337 e. The van der Waals surface area contributed by atoms with Gasteiger partial charge in [0.25, 0.3) is 0 Å². The standard InChI is InChI=1S/C16H16FNO3/c1-20-13-6-3-11(4-7-13)10-18-15-9-12(16(19)21-2)5-8-14(15)17/h3-9,18H,10H2,1-2H3. The Hall–Kier alpha value is -2.56. The lowest BCUT2D eigenvalue weighted by atomic mass is 10.1. The first-order valence-electron chi connectivity index (χ1n) is 6.38. The molecule has 110 valence electrons. The Morgan fingerprint density at radius 3 is 2.48 bits per heavy atom. The number of anilines is 1. The van der Waals surface area contributed by atoms with Crippen molar-refractivity contribution in [1.82, 2.24) is 0 Å². The van der Waals surface area contributed by atoms with Crippen LogP contribution in [0.5, 0.6) is 5.75 Å². The Labute approximate surface area is 122 Å². The predicted molar refractivity (Wildman–Crippen MR) is 78.1 cm³/mol. The van der Waals surface area contributed by atoms with Crippen molar-refractivity contribution in [1.29, 1.82) is 0 Å². The van der Waals surface area contributed by atoms with E-state index in [4.69, 9.17) is 4.74 Å². The fourth-order valence-corrected chi connectivity index (χ4v) is 1.85. The lowest BCUT2D eigenvalue weighted by molar-refractivity contribution is 0.0600. The minimum atomic E-state index is -0.498. The van der Waals surface area contributed by atoms with E-state index in [2.05, 4.69) is 10.1 Å². The third-order valence-electron chi connectivity index (χ3n) is 3.03. The van der Waals surface area contributed by atoms with Gasteiger partial charge in [-0.3, -0.25) is 0 Å². The summed E-state index contributed by atoms with van der Waals surface area (Å²) in [6.45, 7) is 0.436. The average molecular weight is 289 g/mol. The molecule has 21 heavy (non-hydrogen) atoms. The van der Waals surface area contributed by atoms with Gasteiger partial charge in [0.2, 0.25) is 0 Å². The van der Waals surface area contributed by atoms with E-state index in [0.29, 0.717) is 12.1 Å². The summed E-state index contributed by atoms with van der Waals surface area (Å²) in [5.41, 5.74) is 1.53. The zero-order chi connectivity index (χ0) is 15.2. The highest BCUT2D eigenvalue weighted by Crippen LogP contribution is 2.18. The molecule has 0 saturated heterocycles. The van der Waals surface area contributed by atoms with Crippen LogP contribution in [0.15, 0.2) is 42.5 Å². The summed E-state index contributed by atoms with van der Waals surface area (Å²) >= 11 is 0. The number of hydrogen-bond donors (Lipinski definition) is 1. The van der Waals surface area contributed by atoms with E-state index in [0.717, 1.165) is 11.3 Å².